The van der Waals surface area contributed by atoms with Gasteiger partial charge in [0, 0.05) is 25.2 Å². The van der Waals surface area contributed by atoms with Crippen LogP contribution in [0.4, 0.5) is 0 Å². The Balaban J connectivity index is 2.44. The molecule has 0 aliphatic carbocycles. The van der Waals surface area contributed by atoms with E-state index in [2.05, 4.69) is 11.8 Å². The van der Waals surface area contributed by atoms with Gasteiger partial charge in [-0.05, 0) is 26.5 Å². The molecule has 0 unspecified atom stereocenters. The number of benzene rings is 1. The molecule has 1 rings (SSSR count). The first kappa shape index (κ1) is 16.0. The van der Waals surface area contributed by atoms with Crippen molar-refractivity contribution in [3.63, 3.8) is 0 Å². The summed E-state index contributed by atoms with van der Waals surface area (Å²) in [4.78, 5) is 2.17. The van der Waals surface area contributed by atoms with Crippen LogP contribution in [0.15, 0.2) is 24.3 Å². The molecule has 0 aromatic heterocycles. The van der Waals surface area contributed by atoms with Crippen molar-refractivity contribution in [2.24, 2.45) is 5.73 Å². The summed E-state index contributed by atoms with van der Waals surface area (Å²) in [7, 11) is 0. The maximum atomic E-state index is 9.82. The summed E-state index contributed by atoms with van der Waals surface area (Å²) in [6, 6.07) is 7.82. The highest BCUT2D eigenvalue weighted by molar-refractivity contribution is 5.32. The van der Waals surface area contributed by atoms with Gasteiger partial charge in [-0.3, -0.25) is 4.90 Å². The van der Waals surface area contributed by atoms with Crippen LogP contribution in [0.3, 0.4) is 0 Å². The Kier molecular flexibility index (Phi) is 6.28. The summed E-state index contributed by atoms with van der Waals surface area (Å²) in [6.07, 6.45) is 0. The zero-order valence-electron chi connectivity index (χ0n) is 12.2. The van der Waals surface area contributed by atoms with E-state index in [9.17, 15) is 5.11 Å². The Labute approximate surface area is 116 Å². The zero-order chi connectivity index (χ0) is 14.3. The van der Waals surface area contributed by atoms with Gasteiger partial charge in [0.15, 0.2) is 0 Å². The zero-order valence-corrected chi connectivity index (χ0v) is 12.2. The maximum Gasteiger partial charge on any atom is 0.123 e. The summed E-state index contributed by atoms with van der Waals surface area (Å²) in [5.41, 5.74) is 6.01. The monoisotopic (exact) mass is 266 g/mol. The molecule has 0 aliphatic heterocycles. The van der Waals surface area contributed by atoms with E-state index in [0.717, 1.165) is 24.4 Å². The number of hydrogen-bond acceptors (Lipinski definition) is 4. The molecule has 0 saturated heterocycles. The summed E-state index contributed by atoms with van der Waals surface area (Å²) in [5.74, 6) is 0.851. The van der Waals surface area contributed by atoms with Gasteiger partial charge in [-0.25, -0.2) is 0 Å². The van der Waals surface area contributed by atoms with E-state index in [1.165, 1.54) is 0 Å². The molecule has 0 atom stereocenters. The molecular weight excluding hydrogens is 240 g/mol. The molecule has 0 spiro atoms. The summed E-state index contributed by atoms with van der Waals surface area (Å²) in [5, 5.41) is 9.82. The Bertz CT molecular complexity index is 375. The average molecular weight is 266 g/mol. The lowest BCUT2D eigenvalue weighted by molar-refractivity contribution is 0.0339. The number of para-hydroxylation sites is 1. The van der Waals surface area contributed by atoms with Crippen molar-refractivity contribution < 1.29 is 9.84 Å². The highest BCUT2D eigenvalue weighted by Crippen LogP contribution is 2.17. The van der Waals surface area contributed by atoms with Crippen molar-refractivity contribution in [1.29, 1.82) is 0 Å². The largest absolute Gasteiger partial charge is 0.492 e. The second kappa shape index (κ2) is 7.48. The first-order valence-corrected chi connectivity index (χ1v) is 6.81. The minimum absolute atomic E-state index is 0.483. The van der Waals surface area contributed by atoms with Crippen molar-refractivity contribution in [3.8, 4) is 5.75 Å². The lowest BCUT2D eigenvalue weighted by Gasteiger charge is -2.27. The van der Waals surface area contributed by atoms with Crippen LogP contribution in [-0.4, -0.2) is 41.8 Å². The molecule has 0 heterocycles. The minimum atomic E-state index is -0.675. The Morgan fingerprint density at radius 2 is 2.00 bits per heavy atom. The van der Waals surface area contributed by atoms with E-state index in [1.807, 2.05) is 38.1 Å². The highest BCUT2D eigenvalue weighted by Gasteiger charge is 2.16. The third-order valence-electron chi connectivity index (χ3n) is 2.92. The van der Waals surface area contributed by atoms with Gasteiger partial charge >= 0.3 is 0 Å². The second-order valence-corrected chi connectivity index (χ2v) is 5.34. The van der Waals surface area contributed by atoms with E-state index < -0.39 is 5.60 Å². The molecule has 4 heteroatoms. The van der Waals surface area contributed by atoms with E-state index >= 15 is 0 Å². The molecule has 19 heavy (non-hydrogen) atoms. The van der Waals surface area contributed by atoms with Crippen LogP contribution in [0.25, 0.3) is 0 Å². The summed E-state index contributed by atoms with van der Waals surface area (Å²) in [6.45, 7) is 9.13. The predicted octanol–water partition coefficient (Wildman–Crippen LogP) is 1.62. The summed E-state index contributed by atoms with van der Waals surface area (Å²) >= 11 is 0. The predicted molar refractivity (Wildman–Crippen MR) is 78.2 cm³/mol. The van der Waals surface area contributed by atoms with Crippen molar-refractivity contribution in [2.45, 2.75) is 32.9 Å². The number of rotatable bonds is 8. The normalized spacial score (nSPS) is 11.9. The van der Waals surface area contributed by atoms with Crippen molar-refractivity contribution in [1.82, 2.24) is 4.90 Å². The first-order chi connectivity index (χ1) is 8.96. The van der Waals surface area contributed by atoms with Crippen LogP contribution in [0.2, 0.25) is 0 Å². The van der Waals surface area contributed by atoms with E-state index in [0.29, 0.717) is 19.7 Å². The number of ether oxygens (including phenoxy) is 1. The number of likely N-dealkylation sites (N-methyl/N-ethyl adjacent to an activating group) is 1. The third kappa shape index (κ3) is 6.05. The average Bonchev–Trinajstić information content (AvgIpc) is 2.36. The molecule has 0 amide bonds. The quantitative estimate of drug-likeness (QED) is 0.750. The van der Waals surface area contributed by atoms with E-state index in [-0.39, 0.29) is 0 Å². The van der Waals surface area contributed by atoms with Crippen molar-refractivity contribution >= 4 is 0 Å². The van der Waals surface area contributed by atoms with Crippen molar-refractivity contribution in [2.75, 3.05) is 26.2 Å². The van der Waals surface area contributed by atoms with E-state index in [1.54, 1.807) is 0 Å². The maximum absolute atomic E-state index is 9.82. The molecule has 3 N–H and O–H groups in total. The van der Waals surface area contributed by atoms with Gasteiger partial charge in [-0.2, -0.15) is 0 Å². The van der Waals surface area contributed by atoms with Gasteiger partial charge in [0.05, 0.1) is 5.60 Å². The van der Waals surface area contributed by atoms with Crippen LogP contribution < -0.4 is 10.5 Å². The number of hydrogen-bond donors (Lipinski definition) is 2. The second-order valence-electron chi connectivity index (χ2n) is 5.34. The smallest absolute Gasteiger partial charge is 0.123 e. The van der Waals surface area contributed by atoms with Crippen LogP contribution >= 0.6 is 0 Å². The van der Waals surface area contributed by atoms with Crippen LogP contribution in [0, 0.1) is 0 Å². The molecular formula is C15H26N2O2. The fourth-order valence-corrected chi connectivity index (χ4v) is 1.99. The number of nitrogens with zero attached hydrogens (tertiary/aromatic N) is 1. The van der Waals surface area contributed by atoms with Gasteiger partial charge in [0.1, 0.15) is 12.4 Å². The summed E-state index contributed by atoms with van der Waals surface area (Å²) < 4.78 is 5.77. The van der Waals surface area contributed by atoms with Gasteiger partial charge in [0.25, 0.3) is 0 Å². The minimum Gasteiger partial charge on any atom is -0.492 e. The van der Waals surface area contributed by atoms with Crippen molar-refractivity contribution in [3.05, 3.63) is 29.8 Å². The Morgan fingerprint density at radius 3 is 2.58 bits per heavy atom. The first-order valence-electron chi connectivity index (χ1n) is 6.81. The number of aliphatic hydroxyl groups is 1. The molecule has 0 bridgehead atoms. The standard InChI is InChI=1S/C15H26N2O2/c1-4-17(12-15(2,3)18)9-10-19-14-8-6-5-7-13(14)11-16/h5-8,18H,4,9-12,16H2,1-3H3. The van der Waals surface area contributed by atoms with Gasteiger partial charge in [-0.1, -0.05) is 25.1 Å². The number of nitrogens with two attached hydrogens (primary N) is 1. The Hall–Kier alpha value is -1.10. The molecule has 0 saturated carbocycles. The molecule has 0 fully saturated rings. The topological polar surface area (TPSA) is 58.7 Å². The molecule has 0 radical (unpaired) electrons. The molecule has 1 aromatic carbocycles. The van der Waals surface area contributed by atoms with Crippen LogP contribution in [0.1, 0.15) is 26.3 Å². The fourth-order valence-electron chi connectivity index (χ4n) is 1.99. The van der Waals surface area contributed by atoms with Crippen LogP contribution in [0.5, 0.6) is 5.75 Å². The molecule has 108 valence electrons. The Morgan fingerprint density at radius 1 is 1.32 bits per heavy atom. The van der Waals surface area contributed by atoms with Gasteiger partial charge < -0.3 is 15.6 Å². The van der Waals surface area contributed by atoms with E-state index in [4.69, 9.17) is 10.5 Å². The SMILES string of the molecule is CCN(CCOc1ccccc1CN)CC(C)(C)O. The molecule has 0 aliphatic rings. The lowest BCUT2D eigenvalue weighted by Crippen LogP contribution is -2.40. The third-order valence-corrected chi connectivity index (χ3v) is 2.92. The lowest BCUT2D eigenvalue weighted by atomic mass is 10.1. The van der Waals surface area contributed by atoms with Gasteiger partial charge in [-0.15, -0.1) is 0 Å². The van der Waals surface area contributed by atoms with Crippen LogP contribution in [-0.2, 0) is 6.54 Å². The molecule has 1 aromatic rings. The molecule has 4 nitrogen and oxygen atoms in total. The van der Waals surface area contributed by atoms with Gasteiger partial charge in [0.2, 0.25) is 0 Å². The fraction of sp³-hybridized carbons (Fsp3) is 0.600. The highest BCUT2D eigenvalue weighted by atomic mass is 16.5.